The highest BCUT2D eigenvalue weighted by Gasteiger charge is 2.49. The highest BCUT2D eigenvalue weighted by molar-refractivity contribution is 6.04. The van der Waals surface area contributed by atoms with Crippen molar-refractivity contribution in [1.82, 2.24) is 40.9 Å². The summed E-state index contributed by atoms with van der Waals surface area (Å²) in [5, 5.41) is 13.5. The van der Waals surface area contributed by atoms with E-state index in [-0.39, 0.29) is 117 Å². The molecule has 4 amide bonds. The summed E-state index contributed by atoms with van der Waals surface area (Å²) >= 11 is 0. The quantitative estimate of drug-likeness (QED) is 0.0928. The van der Waals surface area contributed by atoms with E-state index in [2.05, 4.69) is 68.6 Å². The molecule has 16 nitrogen and oxygen atoms in total. The largest absolute Gasteiger partial charge is 0.379 e. The van der Waals surface area contributed by atoms with Gasteiger partial charge in [-0.15, -0.1) is 0 Å². The molecule has 0 saturated carbocycles. The number of nitrogens with zero attached hydrogens (tertiary/aromatic N) is 6. The Morgan fingerprint density at radius 3 is 1.34 bits per heavy atom. The summed E-state index contributed by atoms with van der Waals surface area (Å²) in [7, 11) is 0. The van der Waals surface area contributed by atoms with E-state index in [9.17, 15) is 32.3 Å². The second-order valence-electron chi connectivity index (χ2n) is 24.9. The summed E-state index contributed by atoms with van der Waals surface area (Å²) < 4.78 is 50.6. The number of ether oxygens (including phenoxy) is 2. The molecular formula is C66H89F3N10O6. The molecule has 460 valence electrons. The summed E-state index contributed by atoms with van der Waals surface area (Å²) in [5.41, 5.74) is 4.32. The van der Waals surface area contributed by atoms with Crippen molar-refractivity contribution in [2.45, 2.75) is 115 Å². The van der Waals surface area contributed by atoms with Crippen LogP contribution in [0.25, 0.3) is 0 Å². The summed E-state index contributed by atoms with van der Waals surface area (Å²) in [5.74, 6) is -1.46. The lowest BCUT2D eigenvalue weighted by Crippen LogP contribution is -2.62. The summed E-state index contributed by atoms with van der Waals surface area (Å²) in [6.07, 6.45) is 2.45. The second kappa shape index (κ2) is 28.2. The number of carbonyl (C=O) groups is 4. The van der Waals surface area contributed by atoms with E-state index in [1.165, 1.54) is 37.3 Å². The second-order valence-corrected chi connectivity index (χ2v) is 24.9. The first-order valence-electron chi connectivity index (χ1n) is 30.5. The Kier molecular flexibility index (Phi) is 21.1. The summed E-state index contributed by atoms with van der Waals surface area (Å²) in [6.45, 7) is 25.3. The number of hydrogen-bond donors (Lipinski definition) is 4. The van der Waals surface area contributed by atoms with Crippen LogP contribution in [0.1, 0.15) is 88.8 Å². The Morgan fingerprint density at radius 1 is 0.600 bits per heavy atom. The number of rotatable bonds is 17. The molecule has 0 aliphatic carbocycles. The Labute approximate surface area is 500 Å². The van der Waals surface area contributed by atoms with Crippen LogP contribution in [-0.4, -0.2) is 198 Å². The third-order valence-electron chi connectivity index (χ3n) is 18.2. The van der Waals surface area contributed by atoms with Crippen LogP contribution < -0.4 is 31.1 Å². The van der Waals surface area contributed by atoms with Gasteiger partial charge in [0.05, 0.1) is 56.2 Å². The van der Waals surface area contributed by atoms with E-state index in [1.807, 2.05) is 50.2 Å². The molecule has 0 radical (unpaired) electrons. The van der Waals surface area contributed by atoms with E-state index < -0.39 is 10.8 Å². The molecule has 85 heavy (non-hydrogen) atoms. The molecule has 4 aromatic rings. The molecule has 6 aliphatic rings. The van der Waals surface area contributed by atoms with Gasteiger partial charge in [-0.25, -0.2) is 13.2 Å². The molecule has 0 aromatic heterocycles. The number of amides is 4. The minimum atomic E-state index is -1.12. The Balaban J connectivity index is 0.00000166. The number of hydrogen-bond acceptors (Lipinski definition) is 12. The molecule has 6 heterocycles. The molecule has 4 saturated heterocycles. The molecule has 8 atom stereocenters. The van der Waals surface area contributed by atoms with E-state index in [0.29, 0.717) is 63.7 Å². The fourth-order valence-corrected chi connectivity index (χ4v) is 12.9. The van der Waals surface area contributed by atoms with Crippen molar-refractivity contribution in [3.63, 3.8) is 0 Å². The van der Waals surface area contributed by atoms with Gasteiger partial charge >= 0.3 is 0 Å². The average Bonchev–Trinajstić information content (AvgIpc) is 1.80. The molecule has 6 aliphatic heterocycles. The SMILES string of the molecule is C/C=C(\C)F.CC1CN(CC(=O)N2CC(C)(C(=O)NCCNC(=O)C3(C)CN(C(=O)CN4CC(C)NC[C@@H]4CN4CCOCC4C)c4cc(Cc5ccc(F)cc5)ccc43)c3ccc(Cc4ccc(F)cc4)cc32)[C@@H](CN2CCOCC2C)CN1. The van der Waals surface area contributed by atoms with Crippen molar-refractivity contribution in [2.75, 3.05) is 128 Å². The number of allylic oxidation sites excluding steroid dienone is 2. The molecular weight excluding hydrogens is 1090 g/mol. The van der Waals surface area contributed by atoms with Gasteiger partial charge in [0.15, 0.2) is 0 Å². The maximum absolute atomic E-state index is 14.8. The third-order valence-corrected chi connectivity index (χ3v) is 18.2. The van der Waals surface area contributed by atoms with Gasteiger partial charge in [0, 0.05) is 126 Å². The van der Waals surface area contributed by atoms with Crippen LogP contribution in [-0.2, 0) is 52.3 Å². The van der Waals surface area contributed by atoms with Gasteiger partial charge in [0.1, 0.15) is 11.6 Å². The maximum Gasteiger partial charge on any atom is 0.241 e. The van der Waals surface area contributed by atoms with Crippen molar-refractivity contribution in [3.05, 3.63) is 142 Å². The van der Waals surface area contributed by atoms with Crippen LogP contribution in [0.2, 0.25) is 0 Å². The molecule has 4 aromatic carbocycles. The van der Waals surface area contributed by atoms with Crippen molar-refractivity contribution in [1.29, 1.82) is 0 Å². The summed E-state index contributed by atoms with van der Waals surface area (Å²) in [6, 6.07) is 25.8. The maximum atomic E-state index is 14.8. The fraction of sp³-hybridized carbons (Fsp3) is 0.545. The normalized spacial score (nSPS) is 26.7. The van der Waals surface area contributed by atoms with Crippen molar-refractivity contribution in [2.24, 2.45) is 0 Å². The van der Waals surface area contributed by atoms with E-state index >= 15 is 0 Å². The molecule has 0 spiro atoms. The summed E-state index contributed by atoms with van der Waals surface area (Å²) in [4.78, 5) is 72.0. The molecule has 19 heteroatoms. The van der Waals surface area contributed by atoms with Crippen LogP contribution >= 0.6 is 0 Å². The van der Waals surface area contributed by atoms with Gasteiger partial charge in [0.2, 0.25) is 23.6 Å². The lowest BCUT2D eigenvalue weighted by Gasteiger charge is -2.43. The number of benzene rings is 4. The van der Waals surface area contributed by atoms with Crippen LogP contribution in [0, 0.1) is 11.6 Å². The first-order chi connectivity index (χ1) is 40.7. The van der Waals surface area contributed by atoms with E-state index in [4.69, 9.17) is 9.47 Å². The van der Waals surface area contributed by atoms with Crippen LogP contribution in [0.4, 0.5) is 24.5 Å². The lowest BCUT2D eigenvalue weighted by atomic mass is 9.82. The van der Waals surface area contributed by atoms with Gasteiger partial charge in [-0.3, -0.25) is 38.8 Å². The zero-order chi connectivity index (χ0) is 60.6. The highest BCUT2D eigenvalue weighted by Crippen LogP contribution is 2.44. The van der Waals surface area contributed by atoms with Gasteiger partial charge in [-0.05, 0) is 138 Å². The van der Waals surface area contributed by atoms with Gasteiger partial charge in [0.25, 0.3) is 0 Å². The molecule has 0 bridgehead atoms. The Morgan fingerprint density at radius 2 is 0.976 bits per heavy atom. The van der Waals surface area contributed by atoms with Gasteiger partial charge < -0.3 is 40.5 Å². The van der Waals surface area contributed by atoms with Crippen LogP contribution in [0.3, 0.4) is 0 Å². The van der Waals surface area contributed by atoms with Gasteiger partial charge in [-0.1, -0.05) is 54.6 Å². The number of nitrogens with one attached hydrogen (secondary N) is 4. The molecule has 6 unspecified atom stereocenters. The number of piperazine rings is 2. The number of anilines is 2. The predicted octanol–water partition coefficient (Wildman–Crippen LogP) is 5.93. The van der Waals surface area contributed by atoms with E-state index in [1.54, 1.807) is 41.0 Å². The number of carbonyl (C=O) groups excluding carboxylic acids is 4. The molecule has 4 fully saturated rings. The first-order valence-corrected chi connectivity index (χ1v) is 30.5. The molecule has 4 N–H and O–H groups in total. The third kappa shape index (κ3) is 15.4. The van der Waals surface area contributed by atoms with E-state index in [0.717, 1.165) is 72.6 Å². The smallest absolute Gasteiger partial charge is 0.241 e. The van der Waals surface area contributed by atoms with Crippen LogP contribution in [0.5, 0.6) is 0 Å². The van der Waals surface area contributed by atoms with Crippen molar-refractivity contribution >= 4 is 35.0 Å². The number of halogens is 3. The Bertz CT molecular complexity index is 2810. The van der Waals surface area contributed by atoms with Crippen molar-refractivity contribution in [3.8, 4) is 0 Å². The Hall–Kier alpha value is -6.03. The predicted molar refractivity (Wildman–Crippen MR) is 327 cm³/mol. The monoisotopic (exact) mass is 1170 g/mol. The minimum absolute atomic E-state index is 0.0896. The minimum Gasteiger partial charge on any atom is -0.379 e. The highest BCUT2D eigenvalue weighted by atomic mass is 19.1. The zero-order valence-corrected chi connectivity index (χ0v) is 51.0. The average molecular weight is 1180 g/mol. The number of morpholine rings is 2. The zero-order valence-electron chi connectivity index (χ0n) is 51.0. The number of fused-ring (bicyclic) bond motifs is 2. The fourth-order valence-electron chi connectivity index (χ4n) is 12.9. The lowest BCUT2D eigenvalue weighted by molar-refractivity contribution is -0.128. The van der Waals surface area contributed by atoms with Gasteiger partial charge in [-0.2, -0.15) is 0 Å². The van der Waals surface area contributed by atoms with Crippen molar-refractivity contribution < 1.29 is 41.8 Å². The first kappa shape index (κ1) is 63.5. The topological polar surface area (TPSA) is 154 Å². The molecule has 10 rings (SSSR count). The van der Waals surface area contributed by atoms with Crippen LogP contribution in [0.15, 0.2) is 96.8 Å². The standard InChI is InChI=1S/C62H82F2N10O6.C4H7F/c1-41-31-71(51(29-67-41)33-69-21-23-79-37-43(69)3)35-57(75)73-39-61(5,53-17-11-47(27-55(53)73)25-45-7-13-49(63)14-8-45)59(77)65-19-20-66-60(78)62(6)40-74(56-28-48(12-18-54(56)62)26-46-9-15-50(64)16-10-46)58(76)36-72-32-42(2)68-30-52(72)34-70-22-24-80-38-44(70)4;1-3-4(2)5/h7-18,27-28,41-44,51-52,67-68H,19-26,29-40H2,1-6H3,(H,65,77)(H,66,78);3H,1-2H3/b;4-3+/t41?,42?,43?,44?,51-,52-,61?,62?;/m1./s1.